The van der Waals surface area contributed by atoms with E-state index >= 15 is 0 Å². The second-order valence-corrected chi connectivity index (χ2v) is 9.54. The van der Waals surface area contributed by atoms with Gasteiger partial charge in [-0.1, -0.05) is 31.2 Å². The number of thioether (sulfide) groups is 1. The van der Waals surface area contributed by atoms with Crippen LogP contribution in [-0.2, 0) is 19.0 Å². The minimum absolute atomic E-state index is 0.208. The molecule has 1 fully saturated rings. The highest BCUT2D eigenvalue weighted by Crippen LogP contribution is 2.41. The lowest BCUT2D eigenvalue weighted by molar-refractivity contribution is -0.145. The van der Waals surface area contributed by atoms with Gasteiger partial charge in [-0.2, -0.15) is 13.2 Å². The SMILES string of the molecule is CCc1ccc(Cc2c(O[C@@H]3S[C@H](CO)[C@@H](O)[C@H](O)[C@H]3O)nn(C(CF)CF)c2C(F)(F)F)cc1. The van der Waals surface area contributed by atoms with E-state index in [9.17, 15) is 42.4 Å². The van der Waals surface area contributed by atoms with E-state index < -0.39 is 78.3 Å². The van der Waals surface area contributed by atoms with Crippen molar-refractivity contribution in [2.45, 2.75) is 61.0 Å². The molecule has 13 heteroatoms. The summed E-state index contributed by atoms with van der Waals surface area (Å²) < 4.78 is 75.1. The van der Waals surface area contributed by atoms with E-state index in [4.69, 9.17) is 4.74 Å². The van der Waals surface area contributed by atoms with Crippen molar-refractivity contribution in [2.24, 2.45) is 0 Å². The molecule has 4 N–H and O–H groups in total. The van der Waals surface area contributed by atoms with E-state index in [1.807, 2.05) is 6.92 Å². The summed E-state index contributed by atoms with van der Waals surface area (Å²) >= 11 is 0.698. The quantitative estimate of drug-likeness (QED) is 0.372. The third-order valence-corrected chi connectivity index (χ3v) is 7.25. The number of benzene rings is 1. The van der Waals surface area contributed by atoms with Crippen LogP contribution < -0.4 is 4.74 Å². The first-order valence-electron chi connectivity index (χ1n) is 10.9. The maximum atomic E-state index is 14.1. The lowest BCUT2D eigenvalue weighted by Crippen LogP contribution is -2.55. The third-order valence-electron chi connectivity index (χ3n) is 5.83. The van der Waals surface area contributed by atoms with Crippen LogP contribution in [0.2, 0.25) is 0 Å². The fourth-order valence-corrected chi connectivity index (χ4v) is 5.03. The zero-order chi connectivity index (χ0) is 25.9. The summed E-state index contributed by atoms with van der Waals surface area (Å²) in [6, 6.07) is 4.86. The fraction of sp³-hybridized carbons (Fsp3) is 0.591. The van der Waals surface area contributed by atoms with Crippen LogP contribution in [0.5, 0.6) is 5.88 Å². The number of aromatic nitrogens is 2. The Kier molecular flexibility index (Phi) is 9.02. The van der Waals surface area contributed by atoms with Crippen LogP contribution in [0.3, 0.4) is 0 Å². The molecule has 1 aromatic carbocycles. The maximum absolute atomic E-state index is 14.1. The van der Waals surface area contributed by atoms with Crippen molar-refractivity contribution < 1.29 is 47.1 Å². The van der Waals surface area contributed by atoms with E-state index in [2.05, 4.69) is 5.10 Å². The van der Waals surface area contributed by atoms with Gasteiger partial charge in [0.2, 0.25) is 5.88 Å². The van der Waals surface area contributed by atoms with Crippen molar-refractivity contribution in [2.75, 3.05) is 20.0 Å². The molecule has 0 aliphatic carbocycles. The number of aliphatic hydroxyl groups excluding tert-OH is 4. The number of ether oxygens (including phenoxy) is 1. The molecular weight excluding hydrogens is 499 g/mol. The van der Waals surface area contributed by atoms with Crippen molar-refractivity contribution in [3.8, 4) is 5.88 Å². The third kappa shape index (κ3) is 5.91. The summed E-state index contributed by atoms with van der Waals surface area (Å²) in [5.41, 5.74) is -1.90. The summed E-state index contributed by atoms with van der Waals surface area (Å²) in [7, 11) is 0. The largest absolute Gasteiger partial charge is 0.459 e. The number of halogens is 5. The summed E-state index contributed by atoms with van der Waals surface area (Å²) in [5, 5.41) is 42.6. The fourth-order valence-electron chi connectivity index (χ4n) is 3.81. The summed E-state index contributed by atoms with van der Waals surface area (Å²) in [6.07, 6.45) is -9.68. The Bertz CT molecular complexity index is 968. The number of hydrogen-bond donors (Lipinski definition) is 4. The first-order valence-corrected chi connectivity index (χ1v) is 11.8. The predicted molar refractivity (Wildman–Crippen MR) is 118 cm³/mol. The Morgan fingerprint density at radius 1 is 1.03 bits per heavy atom. The zero-order valence-electron chi connectivity index (χ0n) is 18.7. The monoisotopic (exact) mass is 526 g/mol. The molecular formula is C22H27F5N2O5S. The molecule has 5 atom stereocenters. The molecule has 0 amide bonds. The van der Waals surface area contributed by atoms with Crippen LogP contribution in [0.15, 0.2) is 24.3 Å². The van der Waals surface area contributed by atoms with Gasteiger partial charge in [0.25, 0.3) is 0 Å². The second-order valence-electron chi connectivity index (χ2n) is 8.20. The number of nitrogens with zero attached hydrogens (tertiary/aromatic N) is 2. The van der Waals surface area contributed by atoms with E-state index in [0.717, 1.165) is 5.56 Å². The summed E-state index contributed by atoms with van der Waals surface area (Å²) in [4.78, 5) is 0. The molecule has 196 valence electrons. The summed E-state index contributed by atoms with van der Waals surface area (Å²) in [5.74, 6) is -0.624. The van der Waals surface area contributed by atoms with Crippen LogP contribution >= 0.6 is 11.8 Å². The molecule has 35 heavy (non-hydrogen) atoms. The van der Waals surface area contributed by atoms with Crippen LogP contribution in [0, 0.1) is 0 Å². The van der Waals surface area contributed by atoms with Crippen molar-refractivity contribution in [3.05, 3.63) is 46.6 Å². The molecule has 7 nitrogen and oxygen atoms in total. The molecule has 1 aliphatic rings. The Morgan fingerprint density at radius 2 is 1.63 bits per heavy atom. The van der Waals surface area contributed by atoms with E-state index in [0.29, 0.717) is 23.7 Å². The highest BCUT2D eigenvalue weighted by Gasteiger charge is 2.47. The van der Waals surface area contributed by atoms with Gasteiger partial charge in [-0.05, 0) is 17.5 Å². The molecule has 1 saturated heterocycles. The molecule has 0 bridgehead atoms. The van der Waals surface area contributed by atoms with Gasteiger partial charge < -0.3 is 25.2 Å². The molecule has 0 spiro atoms. The predicted octanol–water partition coefficient (Wildman–Crippen LogP) is 2.43. The highest BCUT2D eigenvalue weighted by molar-refractivity contribution is 8.00. The Labute approximate surface area is 202 Å². The average molecular weight is 527 g/mol. The number of hydrogen-bond acceptors (Lipinski definition) is 7. The van der Waals surface area contributed by atoms with Crippen LogP contribution in [0.4, 0.5) is 22.0 Å². The molecule has 0 radical (unpaired) electrons. The van der Waals surface area contributed by atoms with Gasteiger partial charge in [-0.3, -0.25) is 0 Å². The molecule has 1 aromatic heterocycles. The smallest absolute Gasteiger partial charge is 0.433 e. The van der Waals surface area contributed by atoms with E-state index in [-0.39, 0.29) is 11.1 Å². The average Bonchev–Trinajstić information content (AvgIpc) is 3.18. The standard InChI is InChI=1S/C22H27F5N2O5S/c1-2-11-3-5-12(6-4-11)7-14-19(22(25,26)27)29(13(8-23)9-24)28-20(14)34-21-18(33)17(32)16(31)15(10-30)35-21/h3-6,13,15-18,21,30-33H,2,7-10H2,1H3/t15-,16-,17+,18-,21-/m1/s1. The molecule has 2 heterocycles. The van der Waals surface area contributed by atoms with Gasteiger partial charge in [0, 0.05) is 6.42 Å². The van der Waals surface area contributed by atoms with Crippen LogP contribution in [0.1, 0.15) is 35.3 Å². The van der Waals surface area contributed by atoms with Gasteiger partial charge in [0.15, 0.2) is 11.1 Å². The number of rotatable bonds is 9. The van der Waals surface area contributed by atoms with E-state index in [1.165, 1.54) is 0 Å². The minimum Gasteiger partial charge on any atom is -0.459 e. The number of aliphatic hydroxyl groups is 4. The van der Waals surface area contributed by atoms with Crippen molar-refractivity contribution >= 4 is 11.8 Å². The lowest BCUT2D eigenvalue weighted by atomic mass is 10.0. The Hall–Kier alpha value is -1.93. The topological polar surface area (TPSA) is 108 Å². The molecule has 3 rings (SSSR count). The van der Waals surface area contributed by atoms with Gasteiger partial charge in [-0.15, -0.1) is 16.9 Å². The molecule has 0 saturated carbocycles. The van der Waals surface area contributed by atoms with Gasteiger partial charge in [0.1, 0.15) is 31.6 Å². The van der Waals surface area contributed by atoms with Crippen LogP contribution in [-0.4, -0.2) is 79.2 Å². The minimum atomic E-state index is -5.04. The first kappa shape index (κ1) is 27.7. The normalized spacial score (nSPS) is 25.3. The van der Waals surface area contributed by atoms with Crippen molar-refractivity contribution in [1.82, 2.24) is 9.78 Å². The zero-order valence-corrected chi connectivity index (χ0v) is 19.5. The lowest BCUT2D eigenvalue weighted by Gasteiger charge is -2.38. The van der Waals surface area contributed by atoms with Crippen molar-refractivity contribution in [3.63, 3.8) is 0 Å². The first-order chi connectivity index (χ1) is 16.5. The van der Waals surface area contributed by atoms with Gasteiger partial charge in [0.05, 0.1) is 23.5 Å². The summed E-state index contributed by atoms with van der Waals surface area (Å²) in [6.45, 7) is -1.60. The Morgan fingerprint density at radius 3 is 2.14 bits per heavy atom. The highest BCUT2D eigenvalue weighted by atomic mass is 32.2. The van der Waals surface area contributed by atoms with Crippen LogP contribution in [0.25, 0.3) is 0 Å². The molecule has 1 aliphatic heterocycles. The number of aryl methyl sites for hydroxylation is 1. The Balaban J connectivity index is 2.09. The molecule has 0 unspecified atom stereocenters. The molecule has 2 aromatic rings. The van der Waals surface area contributed by atoms with E-state index in [1.54, 1.807) is 24.3 Å². The second kappa shape index (κ2) is 11.4. The maximum Gasteiger partial charge on any atom is 0.433 e. The number of alkyl halides is 5. The van der Waals surface area contributed by atoms with Crippen molar-refractivity contribution in [1.29, 1.82) is 0 Å². The van der Waals surface area contributed by atoms with Gasteiger partial charge >= 0.3 is 6.18 Å². The van der Waals surface area contributed by atoms with Gasteiger partial charge in [-0.25, -0.2) is 13.5 Å².